The second-order valence-electron chi connectivity index (χ2n) is 7.62. The highest BCUT2D eigenvalue weighted by Crippen LogP contribution is 2.35. The summed E-state index contributed by atoms with van der Waals surface area (Å²) in [5.41, 5.74) is 5.00. The molecule has 4 rings (SSSR count). The smallest absolute Gasteiger partial charge is 0.373 e. The fourth-order valence-electron chi connectivity index (χ4n) is 3.71. The molecular weight excluding hydrogens is 508 g/mol. The highest BCUT2D eigenvalue weighted by atomic mass is 79.9. The zero-order valence-electron chi connectivity index (χ0n) is 18.5. The number of rotatable bonds is 5. The van der Waals surface area contributed by atoms with E-state index in [1.165, 1.54) is 13.2 Å². The van der Waals surface area contributed by atoms with Gasteiger partial charge in [-0.2, -0.15) is 0 Å². The van der Waals surface area contributed by atoms with Crippen molar-refractivity contribution in [3.8, 4) is 5.69 Å². The lowest BCUT2D eigenvalue weighted by Crippen LogP contribution is -2.27. The van der Waals surface area contributed by atoms with Crippen molar-refractivity contribution in [2.45, 2.75) is 27.3 Å². The monoisotopic (exact) mass is 528 g/mol. The molecule has 1 aromatic carbocycles. The van der Waals surface area contributed by atoms with Crippen LogP contribution in [0.25, 0.3) is 11.8 Å². The van der Waals surface area contributed by atoms with Gasteiger partial charge in [-0.25, -0.2) is 4.79 Å². The van der Waals surface area contributed by atoms with Crippen molar-refractivity contribution < 1.29 is 23.5 Å². The van der Waals surface area contributed by atoms with E-state index >= 15 is 0 Å². The van der Waals surface area contributed by atoms with Crippen LogP contribution in [0.2, 0.25) is 0 Å². The number of imide groups is 1. The molecular formula is C24H21BrN2O5S. The van der Waals surface area contributed by atoms with Crippen LogP contribution in [-0.2, 0) is 16.1 Å². The van der Waals surface area contributed by atoms with Gasteiger partial charge in [0.05, 0.1) is 18.6 Å². The lowest BCUT2D eigenvalue weighted by molar-refractivity contribution is -0.123. The standard InChI is InChI=1S/C24H21BrN2O5S/c1-13-9-17(5-7-19(13)25)27-14(2)10-16(15(27)3)11-21-22(28)26(24(30)33-21)12-18-6-8-20(32-18)23(29)31-4/h5-11H,12H2,1-4H3/b21-11+. The molecule has 1 aliphatic rings. The van der Waals surface area contributed by atoms with Gasteiger partial charge in [0.25, 0.3) is 11.1 Å². The molecule has 0 aliphatic carbocycles. The molecule has 1 aliphatic heterocycles. The maximum absolute atomic E-state index is 12.9. The zero-order valence-corrected chi connectivity index (χ0v) is 20.9. The first-order valence-corrected chi connectivity index (χ1v) is 11.7. The Hall–Kier alpha value is -3.04. The van der Waals surface area contributed by atoms with Gasteiger partial charge in [-0.1, -0.05) is 15.9 Å². The van der Waals surface area contributed by atoms with Gasteiger partial charge in [0.1, 0.15) is 5.76 Å². The summed E-state index contributed by atoms with van der Waals surface area (Å²) in [7, 11) is 1.25. The summed E-state index contributed by atoms with van der Waals surface area (Å²) in [5.74, 6) is -0.676. The van der Waals surface area contributed by atoms with Crippen molar-refractivity contribution in [3.63, 3.8) is 0 Å². The maximum atomic E-state index is 12.9. The van der Waals surface area contributed by atoms with Gasteiger partial charge in [0.15, 0.2) is 0 Å². The molecule has 3 heterocycles. The van der Waals surface area contributed by atoms with Crippen molar-refractivity contribution in [2.24, 2.45) is 0 Å². The van der Waals surface area contributed by atoms with E-state index in [0.717, 1.165) is 49.3 Å². The summed E-state index contributed by atoms with van der Waals surface area (Å²) in [4.78, 5) is 38.5. The van der Waals surface area contributed by atoms with Crippen LogP contribution in [0, 0.1) is 20.8 Å². The number of furan rings is 1. The van der Waals surface area contributed by atoms with E-state index in [1.54, 1.807) is 12.1 Å². The molecule has 1 saturated heterocycles. The highest BCUT2D eigenvalue weighted by molar-refractivity contribution is 9.10. The van der Waals surface area contributed by atoms with Gasteiger partial charge in [0, 0.05) is 21.5 Å². The SMILES string of the molecule is COC(=O)c1ccc(CN2C(=O)S/C(=C/c3cc(C)n(-c4ccc(Br)c(C)c4)c3C)C2=O)o1. The number of ether oxygens (including phenoxy) is 1. The number of amides is 2. The van der Waals surface area contributed by atoms with Crippen LogP contribution in [0.15, 0.2) is 50.2 Å². The molecule has 0 unspecified atom stereocenters. The summed E-state index contributed by atoms with van der Waals surface area (Å²) in [6.45, 7) is 5.96. The van der Waals surface area contributed by atoms with Crippen molar-refractivity contribution in [1.29, 1.82) is 0 Å². The maximum Gasteiger partial charge on any atom is 0.373 e. The fourth-order valence-corrected chi connectivity index (χ4v) is 4.78. The molecule has 170 valence electrons. The number of benzene rings is 1. The van der Waals surface area contributed by atoms with Gasteiger partial charge in [-0.15, -0.1) is 0 Å². The Balaban J connectivity index is 1.59. The Morgan fingerprint density at radius 3 is 2.61 bits per heavy atom. The van der Waals surface area contributed by atoms with E-state index < -0.39 is 11.9 Å². The number of halogens is 1. The third kappa shape index (κ3) is 4.43. The van der Waals surface area contributed by atoms with E-state index in [-0.39, 0.29) is 17.5 Å². The summed E-state index contributed by atoms with van der Waals surface area (Å²) in [6.07, 6.45) is 1.75. The van der Waals surface area contributed by atoms with Crippen molar-refractivity contribution in [3.05, 3.63) is 79.8 Å². The minimum atomic E-state index is -0.619. The molecule has 0 spiro atoms. The number of carbonyl (C=O) groups excluding carboxylic acids is 3. The topological polar surface area (TPSA) is 81.8 Å². The van der Waals surface area contributed by atoms with Gasteiger partial charge < -0.3 is 13.7 Å². The average Bonchev–Trinajstić information content (AvgIpc) is 3.43. The molecule has 2 amide bonds. The quantitative estimate of drug-likeness (QED) is 0.308. The lowest BCUT2D eigenvalue weighted by atomic mass is 10.2. The third-order valence-electron chi connectivity index (χ3n) is 5.39. The number of nitrogens with zero attached hydrogens (tertiary/aromatic N) is 2. The highest BCUT2D eigenvalue weighted by Gasteiger charge is 2.36. The predicted octanol–water partition coefficient (Wildman–Crippen LogP) is 5.78. The van der Waals surface area contributed by atoms with Crippen LogP contribution in [0.1, 0.15) is 38.8 Å². The first kappa shape index (κ1) is 23.1. The van der Waals surface area contributed by atoms with E-state index in [9.17, 15) is 14.4 Å². The zero-order chi connectivity index (χ0) is 23.9. The minimum absolute atomic E-state index is 0.0191. The fraction of sp³-hybridized carbons (Fsp3) is 0.208. The van der Waals surface area contributed by atoms with E-state index in [0.29, 0.717) is 10.7 Å². The van der Waals surface area contributed by atoms with Crippen molar-refractivity contribution in [2.75, 3.05) is 7.11 Å². The molecule has 0 radical (unpaired) electrons. The Kier molecular flexibility index (Phi) is 6.36. The summed E-state index contributed by atoms with van der Waals surface area (Å²) >= 11 is 4.42. The molecule has 3 aromatic rings. The minimum Gasteiger partial charge on any atom is -0.463 e. The lowest BCUT2D eigenvalue weighted by Gasteiger charge is -2.11. The van der Waals surface area contributed by atoms with Crippen LogP contribution in [0.4, 0.5) is 4.79 Å². The largest absolute Gasteiger partial charge is 0.463 e. The number of hydrogen-bond acceptors (Lipinski definition) is 6. The predicted molar refractivity (Wildman–Crippen MR) is 129 cm³/mol. The summed E-state index contributed by atoms with van der Waals surface area (Å²) in [6, 6.07) is 11.1. The van der Waals surface area contributed by atoms with Gasteiger partial charge in [-0.05, 0) is 86.1 Å². The molecule has 33 heavy (non-hydrogen) atoms. The van der Waals surface area contributed by atoms with Crippen LogP contribution < -0.4 is 0 Å². The first-order valence-electron chi connectivity index (χ1n) is 10.1. The molecule has 0 N–H and O–H groups in total. The van der Waals surface area contributed by atoms with Crippen LogP contribution >= 0.6 is 27.7 Å². The van der Waals surface area contributed by atoms with Crippen LogP contribution in [0.5, 0.6) is 0 Å². The Morgan fingerprint density at radius 1 is 1.15 bits per heavy atom. The average molecular weight is 529 g/mol. The first-order chi connectivity index (χ1) is 15.7. The Bertz CT molecular complexity index is 1320. The van der Waals surface area contributed by atoms with Gasteiger partial charge in [0.2, 0.25) is 5.76 Å². The van der Waals surface area contributed by atoms with Crippen LogP contribution in [0.3, 0.4) is 0 Å². The number of methoxy groups -OCH3 is 1. The Morgan fingerprint density at radius 2 is 1.91 bits per heavy atom. The van der Waals surface area contributed by atoms with Gasteiger partial charge in [-0.3, -0.25) is 14.5 Å². The van der Waals surface area contributed by atoms with Crippen molar-refractivity contribution in [1.82, 2.24) is 9.47 Å². The molecule has 0 bridgehead atoms. The summed E-state index contributed by atoms with van der Waals surface area (Å²) < 4.78 is 13.2. The molecule has 0 atom stereocenters. The number of esters is 1. The third-order valence-corrected chi connectivity index (χ3v) is 7.19. The molecule has 1 fully saturated rings. The number of aryl methyl sites for hydroxylation is 2. The molecule has 0 saturated carbocycles. The van der Waals surface area contributed by atoms with E-state index in [1.807, 2.05) is 39.0 Å². The van der Waals surface area contributed by atoms with E-state index in [4.69, 9.17) is 4.42 Å². The number of thioether (sulfide) groups is 1. The van der Waals surface area contributed by atoms with Crippen LogP contribution in [-0.4, -0.2) is 33.7 Å². The number of aromatic nitrogens is 1. The summed E-state index contributed by atoms with van der Waals surface area (Å²) in [5, 5.41) is -0.389. The number of carbonyl (C=O) groups is 3. The van der Waals surface area contributed by atoms with Gasteiger partial charge >= 0.3 is 5.97 Å². The Labute approximate surface area is 203 Å². The molecule has 2 aromatic heterocycles. The second-order valence-corrected chi connectivity index (χ2v) is 9.47. The second kappa shape index (κ2) is 9.07. The van der Waals surface area contributed by atoms with Crippen molar-refractivity contribution >= 4 is 50.9 Å². The normalized spacial score (nSPS) is 15.1. The molecule has 9 heteroatoms. The van der Waals surface area contributed by atoms with E-state index in [2.05, 4.69) is 31.3 Å². The number of hydrogen-bond donors (Lipinski definition) is 0. The molecule has 7 nitrogen and oxygen atoms in total.